The zero-order valence-corrected chi connectivity index (χ0v) is 20.8. The number of carbonyl (C=O) groups is 1. The summed E-state index contributed by atoms with van der Waals surface area (Å²) in [5, 5.41) is 5.41. The van der Waals surface area contributed by atoms with E-state index in [1.54, 1.807) is 24.3 Å². The number of hydrogen-bond acceptors (Lipinski definition) is 5. The summed E-state index contributed by atoms with van der Waals surface area (Å²) in [5.74, 6) is 0. The summed E-state index contributed by atoms with van der Waals surface area (Å²) in [6, 6.07) is 26.0. The summed E-state index contributed by atoms with van der Waals surface area (Å²) in [6.07, 6.45) is 0. The Kier molecular flexibility index (Phi) is 7.09. The van der Waals surface area contributed by atoms with Crippen LogP contribution in [0.2, 0.25) is 0 Å². The third-order valence-corrected chi connectivity index (χ3v) is 8.47. The molecular weight excluding hydrogens is 498 g/mol. The van der Waals surface area contributed by atoms with Gasteiger partial charge in [0.05, 0.1) is 14.7 Å². The highest BCUT2D eigenvalue weighted by Crippen LogP contribution is 2.25. The molecule has 0 heterocycles. The van der Waals surface area contributed by atoms with E-state index in [-0.39, 0.29) is 20.4 Å². The van der Waals surface area contributed by atoms with Gasteiger partial charge in [0.25, 0.3) is 10.0 Å². The lowest BCUT2D eigenvalue weighted by Crippen LogP contribution is -2.19. The van der Waals surface area contributed by atoms with Gasteiger partial charge in [0.2, 0.25) is 9.84 Å². The highest BCUT2D eigenvalue weighted by Gasteiger charge is 2.19. The number of sulfone groups is 1. The van der Waals surface area contributed by atoms with Gasteiger partial charge in [-0.3, -0.25) is 4.72 Å². The van der Waals surface area contributed by atoms with Crippen LogP contribution in [0.4, 0.5) is 21.9 Å². The molecule has 36 heavy (non-hydrogen) atoms. The minimum atomic E-state index is -3.86. The van der Waals surface area contributed by atoms with E-state index in [0.717, 1.165) is 5.56 Å². The molecule has 10 heteroatoms. The van der Waals surface area contributed by atoms with Gasteiger partial charge in [0.1, 0.15) is 0 Å². The van der Waals surface area contributed by atoms with E-state index in [2.05, 4.69) is 15.4 Å². The van der Waals surface area contributed by atoms with Gasteiger partial charge in [-0.2, -0.15) is 0 Å². The fourth-order valence-corrected chi connectivity index (χ4v) is 5.71. The topological polar surface area (TPSA) is 121 Å². The van der Waals surface area contributed by atoms with E-state index < -0.39 is 25.9 Å². The maximum absolute atomic E-state index is 13.0. The lowest BCUT2D eigenvalue weighted by molar-refractivity contribution is 0.262. The Morgan fingerprint density at radius 2 is 1.11 bits per heavy atom. The molecule has 8 nitrogen and oxygen atoms in total. The Balaban J connectivity index is 1.44. The van der Waals surface area contributed by atoms with Crippen LogP contribution in [0.3, 0.4) is 0 Å². The predicted molar refractivity (Wildman–Crippen MR) is 139 cm³/mol. The molecule has 0 aliphatic carbocycles. The van der Waals surface area contributed by atoms with Crippen molar-refractivity contribution in [3.8, 4) is 0 Å². The molecule has 0 bridgehead atoms. The quantitative estimate of drug-likeness (QED) is 0.306. The molecule has 0 atom stereocenters. The number of urea groups is 1. The van der Waals surface area contributed by atoms with Gasteiger partial charge < -0.3 is 10.6 Å². The van der Waals surface area contributed by atoms with Crippen LogP contribution >= 0.6 is 0 Å². The standard InChI is InChI=1S/C26H23N3O5S2/c1-19-7-5-6-10-25(19)28-26(30)27-20-11-15-22(16-12-20)35(31,32)23-17-13-21(14-18-23)29-36(33,34)24-8-3-2-4-9-24/h2-18,29H,1H3,(H2,27,28,30). The molecule has 0 aliphatic rings. The minimum Gasteiger partial charge on any atom is -0.308 e. The van der Waals surface area contributed by atoms with Gasteiger partial charge in [-0.1, -0.05) is 36.4 Å². The summed E-state index contributed by atoms with van der Waals surface area (Å²) in [6.45, 7) is 1.88. The zero-order chi connectivity index (χ0) is 25.8. The summed E-state index contributed by atoms with van der Waals surface area (Å²) in [5.41, 5.74) is 2.24. The van der Waals surface area contributed by atoms with Crippen molar-refractivity contribution in [2.24, 2.45) is 0 Å². The molecule has 0 unspecified atom stereocenters. The average molecular weight is 522 g/mol. The van der Waals surface area contributed by atoms with Crippen LogP contribution in [0.5, 0.6) is 0 Å². The third kappa shape index (κ3) is 5.73. The smallest absolute Gasteiger partial charge is 0.308 e. The number of rotatable bonds is 7. The van der Waals surface area contributed by atoms with Crippen LogP contribution < -0.4 is 15.4 Å². The zero-order valence-electron chi connectivity index (χ0n) is 19.2. The fourth-order valence-electron chi connectivity index (χ4n) is 3.37. The fraction of sp³-hybridized carbons (Fsp3) is 0.0385. The molecule has 0 radical (unpaired) electrons. The molecule has 0 fully saturated rings. The first-order valence-electron chi connectivity index (χ1n) is 10.8. The van der Waals surface area contributed by atoms with Crippen molar-refractivity contribution >= 4 is 43.0 Å². The van der Waals surface area contributed by atoms with Crippen LogP contribution in [0, 0.1) is 6.92 Å². The van der Waals surface area contributed by atoms with Gasteiger partial charge in [-0.25, -0.2) is 21.6 Å². The van der Waals surface area contributed by atoms with E-state index in [1.807, 2.05) is 25.1 Å². The van der Waals surface area contributed by atoms with Crippen LogP contribution in [-0.2, 0) is 19.9 Å². The number of nitrogens with one attached hydrogen (secondary N) is 3. The Morgan fingerprint density at radius 1 is 0.583 bits per heavy atom. The molecule has 0 aliphatic heterocycles. The Labute approximate surface area is 210 Å². The summed E-state index contributed by atoms with van der Waals surface area (Å²) >= 11 is 0. The predicted octanol–water partition coefficient (Wildman–Crippen LogP) is 5.27. The van der Waals surface area contributed by atoms with Crippen molar-refractivity contribution in [2.45, 2.75) is 21.6 Å². The number of anilines is 3. The summed E-state index contributed by atoms with van der Waals surface area (Å²) in [4.78, 5) is 12.4. The van der Waals surface area contributed by atoms with E-state index in [0.29, 0.717) is 11.4 Å². The molecule has 4 aromatic carbocycles. The number of amides is 2. The number of carbonyl (C=O) groups excluding carboxylic acids is 1. The first-order valence-corrected chi connectivity index (χ1v) is 13.8. The highest BCUT2D eigenvalue weighted by atomic mass is 32.2. The van der Waals surface area contributed by atoms with Crippen LogP contribution in [0.25, 0.3) is 0 Å². The lowest BCUT2D eigenvalue weighted by atomic mass is 10.2. The molecule has 0 saturated heterocycles. The van der Waals surface area contributed by atoms with Gasteiger partial charge in [0, 0.05) is 17.1 Å². The molecule has 0 saturated carbocycles. The minimum absolute atomic E-state index is 0.00293. The lowest BCUT2D eigenvalue weighted by Gasteiger charge is -2.11. The first kappa shape index (κ1) is 25.0. The molecule has 2 amide bonds. The van der Waals surface area contributed by atoms with E-state index in [9.17, 15) is 21.6 Å². The average Bonchev–Trinajstić information content (AvgIpc) is 2.86. The largest absolute Gasteiger partial charge is 0.323 e. The summed E-state index contributed by atoms with van der Waals surface area (Å²) < 4.78 is 53.4. The second-order valence-corrected chi connectivity index (χ2v) is 11.5. The monoisotopic (exact) mass is 521 g/mol. The number of sulfonamides is 1. The maximum atomic E-state index is 13.0. The van der Waals surface area contributed by atoms with Crippen LogP contribution in [0.15, 0.2) is 118 Å². The Bertz CT molecular complexity index is 1590. The Morgan fingerprint density at radius 3 is 1.69 bits per heavy atom. The van der Waals surface area contributed by atoms with Crippen molar-refractivity contribution in [3.63, 3.8) is 0 Å². The molecule has 4 rings (SSSR count). The van der Waals surface area contributed by atoms with Crippen molar-refractivity contribution in [1.29, 1.82) is 0 Å². The summed E-state index contributed by atoms with van der Waals surface area (Å²) in [7, 11) is -7.65. The number of benzene rings is 4. The number of aryl methyl sites for hydroxylation is 1. The number of hydrogen-bond donors (Lipinski definition) is 3. The molecule has 3 N–H and O–H groups in total. The van der Waals surface area contributed by atoms with E-state index in [1.165, 1.54) is 60.7 Å². The second-order valence-electron chi connectivity index (χ2n) is 7.86. The van der Waals surface area contributed by atoms with Crippen molar-refractivity contribution in [2.75, 3.05) is 15.4 Å². The normalized spacial score (nSPS) is 11.5. The molecule has 0 aromatic heterocycles. The van der Waals surface area contributed by atoms with E-state index in [4.69, 9.17) is 0 Å². The maximum Gasteiger partial charge on any atom is 0.323 e. The Hall–Kier alpha value is -4.15. The molecular formula is C26H23N3O5S2. The number of para-hydroxylation sites is 1. The van der Waals surface area contributed by atoms with Crippen molar-refractivity contribution < 1.29 is 21.6 Å². The second kappa shape index (κ2) is 10.2. The van der Waals surface area contributed by atoms with Crippen LogP contribution in [-0.4, -0.2) is 22.9 Å². The highest BCUT2D eigenvalue weighted by molar-refractivity contribution is 7.92. The SMILES string of the molecule is Cc1ccccc1NC(=O)Nc1ccc(S(=O)(=O)c2ccc(NS(=O)(=O)c3ccccc3)cc2)cc1. The molecule has 0 spiro atoms. The van der Waals surface area contributed by atoms with Crippen LogP contribution in [0.1, 0.15) is 5.56 Å². The molecule has 4 aromatic rings. The third-order valence-electron chi connectivity index (χ3n) is 5.29. The van der Waals surface area contributed by atoms with Gasteiger partial charge >= 0.3 is 6.03 Å². The molecule has 184 valence electrons. The van der Waals surface area contributed by atoms with E-state index >= 15 is 0 Å². The van der Waals surface area contributed by atoms with Crippen molar-refractivity contribution in [3.05, 3.63) is 109 Å². The first-order chi connectivity index (χ1) is 17.1. The van der Waals surface area contributed by atoms with Gasteiger partial charge in [-0.05, 0) is 79.2 Å². The van der Waals surface area contributed by atoms with Gasteiger partial charge in [0.15, 0.2) is 0 Å². The van der Waals surface area contributed by atoms with Crippen molar-refractivity contribution in [1.82, 2.24) is 0 Å². The van der Waals surface area contributed by atoms with Gasteiger partial charge in [-0.15, -0.1) is 0 Å².